The standard InChI is InChI=1S/C18H29NO4/c1-5-7-12-18(3,21-4)17(20)19-15-8-10-16(11-9-15)23-14-13-22-6-2/h8-11H,5-7,12-14H2,1-4H3,(H,19,20). The first-order chi connectivity index (χ1) is 11.1. The summed E-state index contributed by atoms with van der Waals surface area (Å²) < 4.78 is 16.2. The second-order valence-corrected chi connectivity index (χ2v) is 5.56. The van der Waals surface area contributed by atoms with Gasteiger partial charge in [-0.2, -0.15) is 0 Å². The highest BCUT2D eigenvalue weighted by Gasteiger charge is 2.32. The number of hydrogen-bond donors (Lipinski definition) is 1. The number of carbonyl (C=O) groups excluding carboxylic acids is 1. The van der Waals surface area contributed by atoms with E-state index in [1.807, 2.05) is 38.1 Å². The molecule has 23 heavy (non-hydrogen) atoms. The average Bonchev–Trinajstić information content (AvgIpc) is 2.58. The van der Waals surface area contributed by atoms with E-state index < -0.39 is 5.60 Å². The Labute approximate surface area is 139 Å². The molecule has 130 valence electrons. The van der Waals surface area contributed by atoms with Gasteiger partial charge in [0.1, 0.15) is 18.0 Å². The smallest absolute Gasteiger partial charge is 0.256 e. The summed E-state index contributed by atoms with van der Waals surface area (Å²) in [6, 6.07) is 7.31. The molecule has 1 amide bonds. The molecule has 1 unspecified atom stereocenters. The van der Waals surface area contributed by atoms with Crippen LogP contribution in [0.5, 0.6) is 5.75 Å². The molecule has 1 rings (SSSR count). The van der Waals surface area contributed by atoms with Crippen LogP contribution in [-0.4, -0.2) is 38.4 Å². The third-order valence-electron chi connectivity index (χ3n) is 3.75. The molecule has 0 aliphatic carbocycles. The molecule has 5 nitrogen and oxygen atoms in total. The highest BCUT2D eigenvalue weighted by atomic mass is 16.5. The predicted octanol–water partition coefficient (Wildman–Crippen LogP) is 3.64. The van der Waals surface area contributed by atoms with Crippen LogP contribution < -0.4 is 10.1 Å². The van der Waals surface area contributed by atoms with E-state index >= 15 is 0 Å². The largest absolute Gasteiger partial charge is 0.491 e. The van der Waals surface area contributed by atoms with E-state index in [1.165, 1.54) is 0 Å². The van der Waals surface area contributed by atoms with Crippen molar-refractivity contribution in [3.8, 4) is 5.75 Å². The number of hydrogen-bond acceptors (Lipinski definition) is 4. The summed E-state index contributed by atoms with van der Waals surface area (Å²) in [5.41, 5.74) is -0.0743. The average molecular weight is 323 g/mol. The van der Waals surface area contributed by atoms with Crippen molar-refractivity contribution >= 4 is 11.6 Å². The minimum Gasteiger partial charge on any atom is -0.491 e. The first-order valence-electron chi connectivity index (χ1n) is 8.23. The molecule has 0 saturated heterocycles. The summed E-state index contributed by atoms with van der Waals surface area (Å²) in [5.74, 6) is 0.627. The second-order valence-electron chi connectivity index (χ2n) is 5.56. The van der Waals surface area contributed by atoms with Crippen LogP contribution in [0.2, 0.25) is 0 Å². The number of methoxy groups -OCH3 is 1. The van der Waals surface area contributed by atoms with Gasteiger partial charge in [-0.15, -0.1) is 0 Å². The van der Waals surface area contributed by atoms with Crippen LogP contribution in [0.25, 0.3) is 0 Å². The molecule has 1 aromatic carbocycles. The maximum absolute atomic E-state index is 12.4. The molecule has 0 heterocycles. The summed E-state index contributed by atoms with van der Waals surface area (Å²) in [4.78, 5) is 12.4. The third-order valence-corrected chi connectivity index (χ3v) is 3.75. The van der Waals surface area contributed by atoms with Gasteiger partial charge in [0.15, 0.2) is 0 Å². The zero-order chi connectivity index (χ0) is 17.1. The lowest BCUT2D eigenvalue weighted by Gasteiger charge is -2.26. The fourth-order valence-electron chi connectivity index (χ4n) is 2.08. The summed E-state index contributed by atoms with van der Waals surface area (Å²) in [6.45, 7) is 7.63. The number of amides is 1. The van der Waals surface area contributed by atoms with Crippen LogP contribution in [0.15, 0.2) is 24.3 Å². The van der Waals surface area contributed by atoms with E-state index in [4.69, 9.17) is 14.2 Å². The molecule has 1 aromatic rings. The van der Waals surface area contributed by atoms with Crippen molar-refractivity contribution in [2.45, 2.75) is 45.6 Å². The Kier molecular flexibility index (Phi) is 8.66. The van der Waals surface area contributed by atoms with Crippen molar-refractivity contribution in [3.05, 3.63) is 24.3 Å². The molecule has 0 fully saturated rings. The summed E-state index contributed by atoms with van der Waals surface area (Å²) in [7, 11) is 1.57. The summed E-state index contributed by atoms with van der Waals surface area (Å²) in [5, 5.41) is 2.90. The van der Waals surface area contributed by atoms with Gasteiger partial charge in [-0.3, -0.25) is 4.79 Å². The van der Waals surface area contributed by atoms with E-state index in [2.05, 4.69) is 12.2 Å². The van der Waals surface area contributed by atoms with Crippen LogP contribution in [-0.2, 0) is 14.3 Å². The highest BCUT2D eigenvalue weighted by Crippen LogP contribution is 2.22. The number of nitrogens with one attached hydrogen (secondary N) is 1. The van der Waals surface area contributed by atoms with E-state index in [-0.39, 0.29) is 5.91 Å². The van der Waals surface area contributed by atoms with Crippen LogP contribution in [0, 0.1) is 0 Å². The number of unbranched alkanes of at least 4 members (excludes halogenated alkanes) is 1. The van der Waals surface area contributed by atoms with E-state index in [9.17, 15) is 4.79 Å². The molecule has 0 bridgehead atoms. The molecule has 5 heteroatoms. The summed E-state index contributed by atoms with van der Waals surface area (Å²) >= 11 is 0. The van der Waals surface area contributed by atoms with Gasteiger partial charge in [-0.1, -0.05) is 19.8 Å². The maximum atomic E-state index is 12.4. The van der Waals surface area contributed by atoms with Crippen LogP contribution in [0.1, 0.15) is 40.0 Å². The molecular weight excluding hydrogens is 294 g/mol. The number of benzene rings is 1. The minimum absolute atomic E-state index is 0.126. The molecule has 0 radical (unpaired) electrons. The van der Waals surface area contributed by atoms with E-state index in [1.54, 1.807) is 7.11 Å². The van der Waals surface area contributed by atoms with Gasteiger partial charge in [0.05, 0.1) is 6.61 Å². The number of ether oxygens (including phenoxy) is 3. The zero-order valence-electron chi connectivity index (χ0n) is 14.7. The van der Waals surface area contributed by atoms with Crippen LogP contribution in [0.3, 0.4) is 0 Å². The first kappa shape index (κ1) is 19.5. The second kappa shape index (κ2) is 10.2. The Morgan fingerprint density at radius 2 is 1.87 bits per heavy atom. The number of carbonyl (C=O) groups is 1. The molecule has 0 spiro atoms. The Bertz CT molecular complexity index is 461. The van der Waals surface area contributed by atoms with Crippen LogP contribution >= 0.6 is 0 Å². The predicted molar refractivity (Wildman–Crippen MR) is 92.0 cm³/mol. The van der Waals surface area contributed by atoms with E-state index in [0.717, 1.165) is 24.3 Å². The minimum atomic E-state index is -0.803. The quantitative estimate of drug-likeness (QED) is 0.632. The van der Waals surface area contributed by atoms with Gasteiger partial charge in [-0.25, -0.2) is 0 Å². The highest BCUT2D eigenvalue weighted by molar-refractivity contribution is 5.97. The lowest BCUT2D eigenvalue weighted by molar-refractivity contribution is -0.136. The molecule has 1 N–H and O–H groups in total. The Hall–Kier alpha value is -1.59. The Morgan fingerprint density at radius 3 is 2.43 bits per heavy atom. The number of anilines is 1. The molecule has 0 saturated carbocycles. The lowest BCUT2D eigenvalue weighted by Crippen LogP contribution is -2.41. The fraction of sp³-hybridized carbons (Fsp3) is 0.611. The van der Waals surface area contributed by atoms with Crippen molar-refractivity contribution in [1.29, 1.82) is 0 Å². The normalized spacial score (nSPS) is 13.4. The van der Waals surface area contributed by atoms with E-state index in [0.29, 0.717) is 26.2 Å². The Morgan fingerprint density at radius 1 is 1.17 bits per heavy atom. The molecule has 0 aliphatic rings. The zero-order valence-corrected chi connectivity index (χ0v) is 14.7. The monoisotopic (exact) mass is 323 g/mol. The van der Waals surface area contributed by atoms with Crippen molar-refractivity contribution in [1.82, 2.24) is 0 Å². The van der Waals surface area contributed by atoms with Gasteiger partial charge in [0, 0.05) is 19.4 Å². The lowest BCUT2D eigenvalue weighted by atomic mass is 9.97. The van der Waals surface area contributed by atoms with Gasteiger partial charge < -0.3 is 19.5 Å². The van der Waals surface area contributed by atoms with Gasteiger partial charge in [-0.05, 0) is 44.5 Å². The fourth-order valence-corrected chi connectivity index (χ4v) is 2.08. The molecule has 0 aliphatic heterocycles. The Balaban J connectivity index is 2.54. The van der Waals surface area contributed by atoms with Crippen LogP contribution in [0.4, 0.5) is 5.69 Å². The SMILES string of the molecule is CCCCC(C)(OC)C(=O)Nc1ccc(OCCOCC)cc1. The summed E-state index contributed by atoms with van der Waals surface area (Å²) in [6.07, 6.45) is 2.68. The topological polar surface area (TPSA) is 56.8 Å². The van der Waals surface area contributed by atoms with Gasteiger partial charge in [0.25, 0.3) is 5.91 Å². The maximum Gasteiger partial charge on any atom is 0.256 e. The first-order valence-corrected chi connectivity index (χ1v) is 8.23. The molecule has 0 aromatic heterocycles. The van der Waals surface area contributed by atoms with Crippen molar-refractivity contribution in [2.75, 3.05) is 32.2 Å². The molecular formula is C18H29NO4. The molecule has 1 atom stereocenters. The number of rotatable bonds is 11. The van der Waals surface area contributed by atoms with Crippen molar-refractivity contribution < 1.29 is 19.0 Å². The van der Waals surface area contributed by atoms with Crippen molar-refractivity contribution in [2.24, 2.45) is 0 Å². The third kappa shape index (κ3) is 6.59. The van der Waals surface area contributed by atoms with Gasteiger partial charge in [0.2, 0.25) is 0 Å². The van der Waals surface area contributed by atoms with Crippen molar-refractivity contribution in [3.63, 3.8) is 0 Å². The van der Waals surface area contributed by atoms with Gasteiger partial charge >= 0.3 is 0 Å².